The van der Waals surface area contributed by atoms with E-state index in [-0.39, 0.29) is 17.7 Å². The average molecular weight is 352 g/mol. The van der Waals surface area contributed by atoms with Crippen LogP contribution in [0.25, 0.3) is 0 Å². The van der Waals surface area contributed by atoms with Crippen molar-refractivity contribution in [3.8, 4) is 0 Å². The molecule has 0 aromatic heterocycles. The molecule has 4 heteroatoms. The summed E-state index contributed by atoms with van der Waals surface area (Å²) in [7, 11) is 0. The molecule has 5 aliphatic rings. The fourth-order valence-electron chi connectivity index (χ4n) is 6.17. The van der Waals surface area contributed by atoms with E-state index in [2.05, 4.69) is 10.6 Å². The number of carbonyl (C=O) groups is 2. The Balaban J connectivity index is 1.18. The molecule has 0 atom stereocenters. The first kappa shape index (κ1) is 16.3. The zero-order chi connectivity index (χ0) is 17.7. The molecule has 26 heavy (non-hydrogen) atoms. The summed E-state index contributed by atoms with van der Waals surface area (Å²) in [6, 6.07) is 7.30. The van der Waals surface area contributed by atoms with Crippen LogP contribution in [0.2, 0.25) is 0 Å². The number of anilines is 1. The minimum absolute atomic E-state index is 0.0146. The van der Waals surface area contributed by atoms with Crippen LogP contribution in [-0.2, 0) is 4.79 Å². The van der Waals surface area contributed by atoms with E-state index in [0.29, 0.717) is 11.0 Å². The van der Waals surface area contributed by atoms with Crippen LogP contribution in [0.15, 0.2) is 24.3 Å². The normalized spacial score (nSPS) is 34.5. The van der Waals surface area contributed by atoms with Crippen molar-refractivity contribution in [2.45, 2.75) is 51.4 Å². The third-order valence-corrected chi connectivity index (χ3v) is 7.15. The molecule has 4 nitrogen and oxygen atoms in total. The lowest BCUT2D eigenvalue weighted by molar-refractivity contribution is -0.117. The second-order valence-electron chi connectivity index (χ2n) is 9.44. The Kier molecular flexibility index (Phi) is 3.84. The number of hydrogen-bond donors (Lipinski definition) is 2. The van der Waals surface area contributed by atoms with Gasteiger partial charge in [-0.3, -0.25) is 9.59 Å². The molecule has 5 saturated carbocycles. The van der Waals surface area contributed by atoms with Crippen LogP contribution in [0.5, 0.6) is 0 Å². The third kappa shape index (κ3) is 3.15. The fourth-order valence-corrected chi connectivity index (χ4v) is 6.17. The molecule has 4 bridgehead atoms. The highest BCUT2D eigenvalue weighted by atomic mass is 16.2. The van der Waals surface area contributed by atoms with E-state index in [1.165, 1.54) is 38.5 Å². The highest BCUT2D eigenvalue weighted by molar-refractivity contribution is 5.96. The van der Waals surface area contributed by atoms with Crippen molar-refractivity contribution in [3.63, 3.8) is 0 Å². The van der Waals surface area contributed by atoms with Gasteiger partial charge >= 0.3 is 0 Å². The minimum atomic E-state index is 0.0146. The maximum absolute atomic E-state index is 12.6. The van der Waals surface area contributed by atoms with Gasteiger partial charge in [0.2, 0.25) is 5.91 Å². The monoisotopic (exact) mass is 352 g/mol. The molecule has 0 spiro atoms. The van der Waals surface area contributed by atoms with Gasteiger partial charge in [0.1, 0.15) is 0 Å². The summed E-state index contributed by atoms with van der Waals surface area (Å²) in [6.45, 7) is 0.829. The van der Waals surface area contributed by atoms with Gasteiger partial charge in [-0.25, -0.2) is 0 Å². The van der Waals surface area contributed by atoms with Crippen molar-refractivity contribution in [2.75, 3.05) is 11.9 Å². The molecule has 5 aliphatic carbocycles. The zero-order valence-corrected chi connectivity index (χ0v) is 15.3. The molecule has 1 aromatic carbocycles. The van der Waals surface area contributed by atoms with Crippen LogP contribution >= 0.6 is 0 Å². The molecule has 5 fully saturated rings. The van der Waals surface area contributed by atoms with Crippen LogP contribution in [-0.4, -0.2) is 18.4 Å². The Morgan fingerprint density at radius 3 is 2.04 bits per heavy atom. The molecule has 0 saturated heterocycles. The smallest absolute Gasteiger partial charge is 0.251 e. The molecule has 0 unspecified atom stereocenters. The van der Waals surface area contributed by atoms with Crippen molar-refractivity contribution < 1.29 is 9.59 Å². The molecule has 0 radical (unpaired) electrons. The third-order valence-electron chi connectivity index (χ3n) is 7.15. The van der Waals surface area contributed by atoms with Gasteiger partial charge in [-0.2, -0.15) is 0 Å². The predicted octanol–water partition coefficient (Wildman–Crippen LogP) is 3.98. The summed E-state index contributed by atoms with van der Waals surface area (Å²) in [5.41, 5.74) is 1.82. The highest BCUT2D eigenvalue weighted by Gasteiger charge is 2.50. The first-order valence-electron chi connectivity index (χ1n) is 10.3. The molecule has 6 rings (SSSR count). The molecule has 1 aromatic rings. The van der Waals surface area contributed by atoms with Crippen LogP contribution < -0.4 is 10.6 Å². The van der Waals surface area contributed by atoms with Crippen molar-refractivity contribution in [1.82, 2.24) is 5.32 Å². The maximum atomic E-state index is 12.6. The number of rotatable bonds is 5. The summed E-state index contributed by atoms with van der Waals surface area (Å²) in [6.07, 6.45) is 10.2. The number of hydrogen-bond acceptors (Lipinski definition) is 2. The lowest BCUT2D eigenvalue weighted by atomic mass is 9.49. The summed E-state index contributed by atoms with van der Waals surface area (Å²) in [5, 5.41) is 6.14. The Bertz CT molecular complexity index is 685. The van der Waals surface area contributed by atoms with E-state index < -0.39 is 0 Å². The first-order chi connectivity index (χ1) is 12.6. The van der Waals surface area contributed by atoms with Gasteiger partial charge in [0.05, 0.1) is 0 Å². The van der Waals surface area contributed by atoms with Crippen molar-refractivity contribution in [2.24, 2.45) is 29.1 Å². The molecule has 2 amide bonds. The average Bonchev–Trinajstić information content (AvgIpc) is 3.44. The summed E-state index contributed by atoms with van der Waals surface area (Å²) in [4.78, 5) is 24.4. The van der Waals surface area contributed by atoms with E-state index in [1.807, 2.05) is 24.3 Å². The van der Waals surface area contributed by atoms with Crippen molar-refractivity contribution in [1.29, 1.82) is 0 Å². The summed E-state index contributed by atoms with van der Waals surface area (Å²) < 4.78 is 0. The molecular formula is C22H28N2O2. The second kappa shape index (κ2) is 6.11. The van der Waals surface area contributed by atoms with Gasteiger partial charge in [-0.05, 0) is 98.8 Å². The highest BCUT2D eigenvalue weighted by Crippen LogP contribution is 2.59. The number of amides is 2. The quantitative estimate of drug-likeness (QED) is 0.842. The van der Waals surface area contributed by atoms with Gasteiger partial charge in [0.25, 0.3) is 5.91 Å². The van der Waals surface area contributed by atoms with Crippen LogP contribution in [0.1, 0.15) is 61.7 Å². The molecule has 138 valence electrons. The number of benzene rings is 1. The summed E-state index contributed by atoms with van der Waals surface area (Å²) in [5.74, 6) is 3.04. The molecule has 0 aliphatic heterocycles. The lowest BCUT2D eigenvalue weighted by Gasteiger charge is -2.56. The zero-order valence-electron chi connectivity index (χ0n) is 15.3. The van der Waals surface area contributed by atoms with Gasteiger partial charge in [0.15, 0.2) is 0 Å². The largest absolute Gasteiger partial charge is 0.351 e. The Labute approximate surface area is 155 Å². The fraction of sp³-hybridized carbons (Fsp3) is 0.636. The van der Waals surface area contributed by atoms with Gasteiger partial charge < -0.3 is 10.6 Å². The van der Waals surface area contributed by atoms with Crippen molar-refractivity contribution in [3.05, 3.63) is 29.8 Å². The molecule has 2 N–H and O–H groups in total. The van der Waals surface area contributed by atoms with Crippen LogP contribution in [0.4, 0.5) is 5.69 Å². The van der Waals surface area contributed by atoms with Gasteiger partial charge in [-0.15, -0.1) is 0 Å². The summed E-state index contributed by atoms with van der Waals surface area (Å²) >= 11 is 0. The second-order valence-corrected chi connectivity index (χ2v) is 9.44. The van der Waals surface area contributed by atoms with Gasteiger partial charge in [-0.1, -0.05) is 0 Å². The first-order valence-corrected chi connectivity index (χ1v) is 10.3. The van der Waals surface area contributed by atoms with Crippen molar-refractivity contribution >= 4 is 17.5 Å². The SMILES string of the molecule is O=C(NCC12CC3CC(CC(C3)C1)C2)c1ccc(NC(=O)C2CC2)cc1. The van der Waals surface area contributed by atoms with E-state index >= 15 is 0 Å². The van der Waals surface area contributed by atoms with E-state index in [4.69, 9.17) is 0 Å². The molecular weight excluding hydrogens is 324 g/mol. The van der Waals surface area contributed by atoms with Crippen LogP contribution in [0, 0.1) is 29.1 Å². The Hall–Kier alpha value is -1.84. The van der Waals surface area contributed by atoms with Gasteiger partial charge in [0, 0.05) is 23.7 Å². The standard InChI is InChI=1S/C22H28N2O2/c25-20(17-3-5-19(6-4-17)24-21(26)18-1-2-18)23-13-22-10-14-7-15(11-22)9-16(8-14)12-22/h3-6,14-16,18H,1-2,7-13H2,(H,23,25)(H,24,26). The van der Waals surface area contributed by atoms with E-state index in [1.54, 1.807) is 0 Å². The Morgan fingerprint density at radius 2 is 1.50 bits per heavy atom. The van der Waals surface area contributed by atoms with E-state index in [0.717, 1.165) is 42.8 Å². The lowest BCUT2D eigenvalue weighted by Crippen LogP contribution is -2.51. The topological polar surface area (TPSA) is 58.2 Å². The maximum Gasteiger partial charge on any atom is 0.251 e. The minimum Gasteiger partial charge on any atom is -0.351 e. The van der Waals surface area contributed by atoms with Crippen LogP contribution in [0.3, 0.4) is 0 Å². The predicted molar refractivity (Wildman–Crippen MR) is 101 cm³/mol. The Morgan fingerprint density at radius 1 is 0.923 bits per heavy atom. The molecule has 0 heterocycles. The number of nitrogens with one attached hydrogen (secondary N) is 2. The van der Waals surface area contributed by atoms with E-state index in [9.17, 15) is 9.59 Å². The number of carbonyl (C=O) groups excluding carboxylic acids is 2.